The van der Waals surface area contributed by atoms with E-state index in [1.165, 1.54) is 6.07 Å². The summed E-state index contributed by atoms with van der Waals surface area (Å²) in [6.45, 7) is 13.3. The van der Waals surface area contributed by atoms with Crippen molar-refractivity contribution in [1.82, 2.24) is 0 Å². The minimum absolute atomic E-state index is 0.0908. The van der Waals surface area contributed by atoms with Gasteiger partial charge in [-0.2, -0.15) is 0 Å². The molecule has 0 aliphatic heterocycles. The van der Waals surface area contributed by atoms with E-state index >= 15 is 0 Å². The first-order valence-corrected chi connectivity index (χ1v) is 9.86. The maximum absolute atomic E-state index is 12.5. The van der Waals surface area contributed by atoms with E-state index in [1.54, 1.807) is 30.3 Å². The maximum Gasteiger partial charge on any atom is 0.335 e. The van der Waals surface area contributed by atoms with Gasteiger partial charge in [-0.05, 0) is 46.7 Å². The normalized spacial score (nSPS) is 11.0. The topological polar surface area (TPSA) is 105 Å². The number of carbonyl (C=O) groups is 3. The van der Waals surface area contributed by atoms with E-state index in [0.29, 0.717) is 0 Å². The number of carbonyl (C=O) groups excluding carboxylic acids is 3. The second-order valence-electron chi connectivity index (χ2n) is 8.43. The van der Waals surface area contributed by atoms with Crippen molar-refractivity contribution < 1.29 is 24.2 Å². The molecule has 3 N–H and O–H groups in total. The van der Waals surface area contributed by atoms with Gasteiger partial charge in [0.05, 0.1) is 11.4 Å². The van der Waals surface area contributed by atoms with Crippen molar-refractivity contribution in [2.75, 3.05) is 10.6 Å². The molecule has 0 bridgehead atoms. The number of benzene rings is 2. The fourth-order valence-electron chi connectivity index (χ4n) is 2.70. The number of ether oxygens (including phenoxy) is 1. The van der Waals surface area contributed by atoms with Gasteiger partial charge in [-0.25, -0.2) is 4.79 Å². The van der Waals surface area contributed by atoms with Gasteiger partial charge in [0.2, 0.25) is 0 Å². The predicted octanol–water partition coefficient (Wildman–Crippen LogP) is 4.48. The van der Waals surface area contributed by atoms with Gasteiger partial charge in [0, 0.05) is 6.08 Å². The summed E-state index contributed by atoms with van der Waals surface area (Å²) in [6, 6.07) is 9.79. The molecule has 31 heavy (non-hydrogen) atoms. The number of phenols is 1. The molecule has 0 unspecified atom stereocenters. The lowest BCUT2D eigenvalue weighted by Gasteiger charge is -2.20. The van der Waals surface area contributed by atoms with Crippen LogP contribution in [0.2, 0.25) is 0 Å². The fraction of sp³-hybridized carbons (Fsp3) is 0.292. The van der Waals surface area contributed by atoms with Gasteiger partial charge in [-0.15, -0.1) is 0 Å². The first kappa shape index (κ1) is 23.7. The molecule has 7 heteroatoms. The molecule has 2 aromatic carbocycles. The van der Waals surface area contributed by atoms with Crippen molar-refractivity contribution in [3.05, 3.63) is 60.2 Å². The standard InChI is InChI=1S/C24H28N2O5/c1-7-21(28)31-20-11-8-15(14(2)3)12-18(20)26-23(30)22(29)25-17-13-16(24(4,5)6)9-10-19(17)27/h7-14,27H,1H2,2-6H3,(H,25,29)(H,26,30). The summed E-state index contributed by atoms with van der Waals surface area (Å²) in [7, 11) is 0. The molecular formula is C24H28N2O5. The van der Waals surface area contributed by atoms with Crippen molar-refractivity contribution >= 4 is 29.2 Å². The third-order valence-corrected chi connectivity index (χ3v) is 4.61. The number of rotatable bonds is 5. The zero-order valence-corrected chi connectivity index (χ0v) is 18.4. The summed E-state index contributed by atoms with van der Waals surface area (Å²) in [4.78, 5) is 36.6. The van der Waals surface area contributed by atoms with Gasteiger partial charge in [0.15, 0.2) is 5.75 Å². The van der Waals surface area contributed by atoms with E-state index in [2.05, 4.69) is 17.2 Å². The third-order valence-electron chi connectivity index (χ3n) is 4.61. The molecule has 0 heterocycles. The molecule has 0 saturated carbocycles. The number of nitrogens with one attached hydrogen (secondary N) is 2. The zero-order valence-electron chi connectivity index (χ0n) is 18.4. The Balaban J connectivity index is 2.26. The predicted molar refractivity (Wildman–Crippen MR) is 120 cm³/mol. The van der Waals surface area contributed by atoms with Crippen LogP contribution in [0.4, 0.5) is 11.4 Å². The van der Waals surface area contributed by atoms with Crippen LogP contribution in [-0.2, 0) is 19.8 Å². The van der Waals surface area contributed by atoms with Crippen LogP contribution in [-0.4, -0.2) is 22.9 Å². The number of amides is 2. The van der Waals surface area contributed by atoms with E-state index in [-0.39, 0.29) is 34.2 Å². The van der Waals surface area contributed by atoms with Gasteiger partial charge >= 0.3 is 17.8 Å². The van der Waals surface area contributed by atoms with Crippen molar-refractivity contribution in [2.45, 2.75) is 46.0 Å². The molecule has 0 fully saturated rings. The average Bonchev–Trinajstić information content (AvgIpc) is 2.69. The Labute approximate surface area is 182 Å². The second-order valence-corrected chi connectivity index (χ2v) is 8.43. The largest absolute Gasteiger partial charge is 0.506 e. The van der Waals surface area contributed by atoms with E-state index in [0.717, 1.165) is 17.2 Å². The molecule has 0 aliphatic rings. The Morgan fingerprint density at radius 2 is 1.61 bits per heavy atom. The highest BCUT2D eigenvalue weighted by Crippen LogP contribution is 2.31. The summed E-state index contributed by atoms with van der Waals surface area (Å²) in [5, 5.41) is 15.0. The number of hydrogen-bond donors (Lipinski definition) is 3. The smallest absolute Gasteiger partial charge is 0.335 e. The van der Waals surface area contributed by atoms with Gasteiger partial charge in [-0.3, -0.25) is 9.59 Å². The van der Waals surface area contributed by atoms with Crippen LogP contribution in [0.25, 0.3) is 0 Å². The van der Waals surface area contributed by atoms with E-state index in [1.807, 2.05) is 34.6 Å². The highest BCUT2D eigenvalue weighted by molar-refractivity contribution is 6.44. The van der Waals surface area contributed by atoms with Crippen LogP contribution in [0.1, 0.15) is 51.7 Å². The zero-order chi connectivity index (χ0) is 23.3. The van der Waals surface area contributed by atoms with Gasteiger partial charge in [-0.1, -0.05) is 53.3 Å². The Kier molecular flexibility index (Phi) is 7.23. The van der Waals surface area contributed by atoms with E-state index in [4.69, 9.17) is 4.74 Å². The van der Waals surface area contributed by atoms with Crippen molar-refractivity contribution in [1.29, 1.82) is 0 Å². The van der Waals surface area contributed by atoms with E-state index in [9.17, 15) is 19.5 Å². The number of anilines is 2. The third kappa shape index (κ3) is 6.18. The van der Waals surface area contributed by atoms with Crippen LogP contribution >= 0.6 is 0 Å². The number of hydrogen-bond acceptors (Lipinski definition) is 5. The number of esters is 1. The molecule has 0 atom stereocenters. The summed E-state index contributed by atoms with van der Waals surface area (Å²) in [5.74, 6) is -2.56. The Morgan fingerprint density at radius 3 is 2.16 bits per heavy atom. The van der Waals surface area contributed by atoms with E-state index < -0.39 is 17.8 Å². The minimum atomic E-state index is -0.975. The number of phenolic OH excluding ortho intramolecular Hbond substituents is 1. The SMILES string of the molecule is C=CC(=O)Oc1ccc(C(C)C)cc1NC(=O)C(=O)Nc1cc(C(C)(C)C)ccc1O. The monoisotopic (exact) mass is 424 g/mol. The van der Waals surface area contributed by atoms with Crippen molar-refractivity contribution in [2.24, 2.45) is 0 Å². The molecule has 164 valence electrons. The lowest BCUT2D eigenvalue weighted by atomic mass is 9.87. The summed E-state index contributed by atoms with van der Waals surface area (Å²) < 4.78 is 5.16. The van der Waals surface area contributed by atoms with Gasteiger partial charge in [0.25, 0.3) is 0 Å². The maximum atomic E-state index is 12.5. The quantitative estimate of drug-likeness (QED) is 0.216. The molecule has 0 aliphatic carbocycles. The van der Waals surface area contributed by atoms with Gasteiger partial charge < -0.3 is 20.5 Å². The molecule has 0 radical (unpaired) electrons. The molecule has 2 rings (SSSR count). The van der Waals surface area contributed by atoms with Crippen molar-refractivity contribution in [3.63, 3.8) is 0 Å². The first-order valence-electron chi connectivity index (χ1n) is 9.86. The molecule has 0 spiro atoms. The van der Waals surface area contributed by atoms with Crippen LogP contribution < -0.4 is 15.4 Å². The Hall–Kier alpha value is -3.61. The van der Waals surface area contributed by atoms with Crippen molar-refractivity contribution in [3.8, 4) is 11.5 Å². The van der Waals surface area contributed by atoms with Crippen LogP contribution in [0.3, 0.4) is 0 Å². The average molecular weight is 424 g/mol. The van der Waals surface area contributed by atoms with Crippen LogP contribution in [0.5, 0.6) is 11.5 Å². The van der Waals surface area contributed by atoms with Crippen LogP contribution in [0, 0.1) is 0 Å². The molecule has 0 aromatic heterocycles. The Bertz CT molecular complexity index is 1020. The molecular weight excluding hydrogens is 396 g/mol. The molecule has 0 saturated heterocycles. The molecule has 2 amide bonds. The van der Waals surface area contributed by atoms with Gasteiger partial charge in [0.1, 0.15) is 5.75 Å². The number of aromatic hydroxyl groups is 1. The summed E-state index contributed by atoms with van der Waals surface area (Å²) >= 11 is 0. The summed E-state index contributed by atoms with van der Waals surface area (Å²) in [6.07, 6.45) is 1.000. The molecule has 2 aromatic rings. The van der Waals surface area contributed by atoms with Crippen LogP contribution in [0.15, 0.2) is 49.1 Å². The molecule has 7 nitrogen and oxygen atoms in total. The lowest BCUT2D eigenvalue weighted by molar-refractivity contribution is -0.133. The highest BCUT2D eigenvalue weighted by atomic mass is 16.5. The highest BCUT2D eigenvalue weighted by Gasteiger charge is 2.21. The Morgan fingerprint density at radius 1 is 1.00 bits per heavy atom. The summed E-state index contributed by atoms with van der Waals surface area (Å²) in [5.41, 5.74) is 1.85. The second kappa shape index (κ2) is 9.47. The lowest BCUT2D eigenvalue weighted by Crippen LogP contribution is -2.29. The fourth-order valence-corrected chi connectivity index (χ4v) is 2.70. The minimum Gasteiger partial charge on any atom is -0.506 e. The first-order chi connectivity index (χ1) is 14.4.